The fraction of sp³-hybridized carbons (Fsp3) is 0.647. The Labute approximate surface area is 123 Å². The zero-order valence-corrected chi connectivity index (χ0v) is 13.7. The van der Waals surface area contributed by atoms with E-state index in [2.05, 4.69) is 52.1 Å². The minimum atomic E-state index is 0.104. The summed E-state index contributed by atoms with van der Waals surface area (Å²) >= 11 is 0. The number of benzene rings is 1. The normalized spacial score (nSPS) is 13.1. The van der Waals surface area contributed by atoms with Gasteiger partial charge in [0.2, 0.25) is 0 Å². The Morgan fingerprint density at radius 3 is 2.35 bits per heavy atom. The molecule has 1 unspecified atom stereocenters. The molecule has 0 aliphatic rings. The van der Waals surface area contributed by atoms with Gasteiger partial charge in [-0.15, -0.1) is 0 Å². The van der Waals surface area contributed by atoms with Crippen LogP contribution in [0.15, 0.2) is 18.2 Å². The summed E-state index contributed by atoms with van der Waals surface area (Å²) in [5, 5.41) is 3.49. The van der Waals surface area contributed by atoms with Crippen LogP contribution in [0.3, 0.4) is 0 Å². The van der Waals surface area contributed by atoms with E-state index in [1.165, 1.54) is 5.56 Å². The third kappa shape index (κ3) is 5.41. The topological polar surface area (TPSA) is 30.5 Å². The minimum Gasteiger partial charge on any atom is -0.493 e. The number of ether oxygens (including phenoxy) is 2. The van der Waals surface area contributed by atoms with Crippen LogP contribution in [0, 0.1) is 0 Å². The van der Waals surface area contributed by atoms with Gasteiger partial charge in [-0.1, -0.05) is 19.9 Å². The Hall–Kier alpha value is -1.22. The van der Waals surface area contributed by atoms with Crippen molar-refractivity contribution in [3.63, 3.8) is 0 Å². The van der Waals surface area contributed by atoms with E-state index in [0.29, 0.717) is 0 Å². The van der Waals surface area contributed by atoms with Crippen molar-refractivity contribution in [3.05, 3.63) is 23.8 Å². The molecule has 1 rings (SSSR count). The van der Waals surface area contributed by atoms with Crippen molar-refractivity contribution < 1.29 is 9.47 Å². The van der Waals surface area contributed by atoms with Crippen LogP contribution < -0.4 is 14.8 Å². The summed E-state index contributed by atoms with van der Waals surface area (Å²) in [5.41, 5.74) is 1.36. The van der Waals surface area contributed by atoms with E-state index in [-0.39, 0.29) is 11.6 Å². The first-order valence-corrected chi connectivity index (χ1v) is 7.48. The first kappa shape index (κ1) is 16.8. The third-order valence-electron chi connectivity index (χ3n) is 3.25. The maximum Gasteiger partial charge on any atom is 0.161 e. The van der Waals surface area contributed by atoms with Crippen LogP contribution in [0.5, 0.6) is 11.5 Å². The van der Waals surface area contributed by atoms with Crippen molar-refractivity contribution in [3.8, 4) is 11.5 Å². The zero-order chi connectivity index (χ0) is 15.2. The Morgan fingerprint density at radius 2 is 1.85 bits per heavy atom. The lowest BCUT2D eigenvalue weighted by Gasteiger charge is -2.26. The molecular weight excluding hydrogens is 250 g/mol. The van der Waals surface area contributed by atoms with Gasteiger partial charge in [0.25, 0.3) is 0 Å². The minimum absolute atomic E-state index is 0.104. The van der Waals surface area contributed by atoms with Crippen molar-refractivity contribution in [2.24, 2.45) is 0 Å². The maximum atomic E-state index is 6.09. The van der Waals surface area contributed by atoms with Crippen molar-refractivity contribution in [1.29, 1.82) is 0 Å². The Morgan fingerprint density at radius 1 is 1.15 bits per heavy atom. The predicted octanol–water partition coefficient (Wildman–Crippen LogP) is 3.80. The highest BCUT2D eigenvalue weighted by Crippen LogP contribution is 2.29. The van der Waals surface area contributed by atoms with E-state index in [1.54, 1.807) is 7.11 Å². The molecule has 0 heterocycles. The summed E-state index contributed by atoms with van der Waals surface area (Å²) in [6.07, 6.45) is 2.11. The highest BCUT2D eigenvalue weighted by molar-refractivity contribution is 5.43. The highest BCUT2D eigenvalue weighted by Gasteiger charge is 2.16. The molecule has 1 N–H and O–H groups in total. The van der Waals surface area contributed by atoms with E-state index in [4.69, 9.17) is 9.47 Å². The SMILES string of the molecule is CCc1ccc(OC(CC)CNC(C)(C)C)c(OC)c1. The summed E-state index contributed by atoms with van der Waals surface area (Å²) < 4.78 is 11.5. The van der Waals surface area contributed by atoms with Gasteiger partial charge in [-0.05, 0) is 51.3 Å². The lowest BCUT2D eigenvalue weighted by Crippen LogP contribution is -2.42. The first-order valence-electron chi connectivity index (χ1n) is 7.48. The largest absolute Gasteiger partial charge is 0.493 e. The molecule has 0 aliphatic carbocycles. The molecule has 0 radical (unpaired) electrons. The fourth-order valence-electron chi connectivity index (χ4n) is 1.90. The number of hydrogen-bond donors (Lipinski definition) is 1. The summed E-state index contributed by atoms with van der Waals surface area (Å²) in [6.45, 7) is 11.6. The smallest absolute Gasteiger partial charge is 0.161 e. The second-order valence-corrected chi connectivity index (χ2v) is 6.12. The van der Waals surface area contributed by atoms with Gasteiger partial charge in [-0.2, -0.15) is 0 Å². The standard InChI is InChI=1S/C17H29NO2/c1-7-13-9-10-15(16(11-13)19-6)20-14(8-2)12-18-17(3,4)5/h9-11,14,18H,7-8,12H2,1-6H3. The summed E-state index contributed by atoms with van der Waals surface area (Å²) in [7, 11) is 1.69. The lowest BCUT2D eigenvalue weighted by molar-refractivity contribution is 0.174. The molecule has 0 saturated heterocycles. The van der Waals surface area contributed by atoms with Gasteiger partial charge in [0, 0.05) is 12.1 Å². The van der Waals surface area contributed by atoms with Crippen LogP contribution in [-0.2, 0) is 6.42 Å². The van der Waals surface area contributed by atoms with Crippen molar-refractivity contribution in [2.45, 2.75) is 59.1 Å². The average molecular weight is 279 g/mol. The molecule has 0 bridgehead atoms. The molecule has 0 aliphatic heterocycles. The predicted molar refractivity (Wildman–Crippen MR) is 84.8 cm³/mol. The van der Waals surface area contributed by atoms with Crippen LogP contribution in [0.4, 0.5) is 0 Å². The van der Waals surface area contributed by atoms with Crippen molar-refractivity contribution in [1.82, 2.24) is 5.32 Å². The summed E-state index contributed by atoms with van der Waals surface area (Å²) in [4.78, 5) is 0. The molecule has 114 valence electrons. The van der Waals surface area contributed by atoms with Gasteiger partial charge < -0.3 is 14.8 Å². The number of rotatable bonds is 7. The first-order chi connectivity index (χ1) is 9.39. The number of hydrogen-bond acceptors (Lipinski definition) is 3. The number of methoxy groups -OCH3 is 1. The molecule has 3 heteroatoms. The number of aryl methyl sites for hydroxylation is 1. The summed E-state index contributed by atoms with van der Waals surface area (Å²) in [5.74, 6) is 1.64. The Kier molecular flexibility index (Phi) is 6.34. The van der Waals surface area contributed by atoms with E-state index in [0.717, 1.165) is 30.9 Å². The third-order valence-corrected chi connectivity index (χ3v) is 3.25. The molecular formula is C17H29NO2. The van der Waals surface area contributed by atoms with Crippen molar-refractivity contribution >= 4 is 0 Å². The van der Waals surface area contributed by atoms with Gasteiger partial charge in [0.1, 0.15) is 6.10 Å². The molecule has 0 spiro atoms. The van der Waals surface area contributed by atoms with E-state index in [9.17, 15) is 0 Å². The van der Waals surface area contributed by atoms with Gasteiger partial charge >= 0.3 is 0 Å². The van der Waals surface area contributed by atoms with Crippen LogP contribution in [0.2, 0.25) is 0 Å². The molecule has 3 nitrogen and oxygen atoms in total. The highest BCUT2D eigenvalue weighted by atomic mass is 16.5. The molecule has 20 heavy (non-hydrogen) atoms. The van der Waals surface area contributed by atoms with Gasteiger partial charge in [-0.3, -0.25) is 0 Å². The van der Waals surface area contributed by atoms with Gasteiger partial charge in [-0.25, -0.2) is 0 Å². The van der Waals surface area contributed by atoms with Crippen molar-refractivity contribution in [2.75, 3.05) is 13.7 Å². The van der Waals surface area contributed by atoms with Gasteiger partial charge in [0.05, 0.1) is 7.11 Å². The van der Waals surface area contributed by atoms with Crippen LogP contribution in [-0.4, -0.2) is 25.3 Å². The molecule has 0 amide bonds. The van der Waals surface area contributed by atoms with Crippen LogP contribution in [0.1, 0.15) is 46.6 Å². The Balaban J connectivity index is 2.74. The second-order valence-electron chi connectivity index (χ2n) is 6.12. The monoisotopic (exact) mass is 279 g/mol. The maximum absolute atomic E-state index is 6.09. The molecule has 0 saturated carbocycles. The zero-order valence-electron chi connectivity index (χ0n) is 13.7. The van der Waals surface area contributed by atoms with E-state index in [1.807, 2.05) is 6.07 Å². The average Bonchev–Trinajstić information content (AvgIpc) is 2.42. The van der Waals surface area contributed by atoms with E-state index < -0.39 is 0 Å². The van der Waals surface area contributed by atoms with Crippen LogP contribution >= 0.6 is 0 Å². The quantitative estimate of drug-likeness (QED) is 0.823. The van der Waals surface area contributed by atoms with E-state index >= 15 is 0 Å². The number of nitrogens with one attached hydrogen (secondary N) is 1. The molecule has 1 aromatic carbocycles. The van der Waals surface area contributed by atoms with Crippen LogP contribution in [0.25, 0.3) is 0 Å². The van der Waals surface area contributed by atoms with Gasteiger partial charge in [0.15, 0.2) is 11.5 Å². The molecule has 0 aromatic heterocycles. The summed E-state index contributed by atoms with van der Waals surface area (Å²) in [6, 6.07) is 6.17. The molecule has 1 atom stereocenters. The molecule has 0 fully saturated rings. The Bertz CT molecular complexity index is 410. The molecule has 1 aromatic rings. The lowest BCUT2D eigenvalue weighted by atomic mass is 10.1. The second kappa shape index (κ2) is 7.53. The fourth-order valence-corrected chi connectivity index (χ4v) is 1.90.